The first kappa shape index (κ1) is 11.8. The van der Waals surface area contributed by atoms with Crippen molar-refractivity contribution in [3.63, 3.8) is 0 Å². The topological polar surface area (TPSA) is 38.0 Å². The number of benzene rings is 1. The summed E-state index contributed by atoms with van der Waals surface area (Å²) >= 11 is 0. The molecule has 0 spiro atoms. The molecule has 0 fully saturated rings. The second-order valence-electron chi connectivity index (χ2n) is 4.09. The Bertz CT molecular complexity index is 502. The van der Waals surface area contributed by atoms with Gasteiger partial charge in [0.15, 0.2) is 0 Å². The molecule has 2 aromatic rings. The summed E-state index contributed by atoms with van der Waals surface area (Å²) in [5, 5.41) is 14.2. The highest BCUT2D eigenvalue weighted by atomic mass is 19.1. The summed E-state index contributed by atoms with van der Waals surface area (Å²) in [6.45, 7) is 4.51. The van der Waals surface area contributed by atoms with Gasteiger partial charge in [-0.15, -0.1) is 0 Å². The van der Waals surface area contributed by atoms with Crippen LogP contribution in [0.3, 0.4) is 0 Å². The second-order valence-corrected chi connectivity index (χ2v) is 4.09. The van der Waals surface area contributed by atoms with Gasteiger partial charge in [-0.3, -0.25) is 4.68 Å². The standard InChI is InChI=1S/C13H15FN2O/c1-3-16-8-11(7-15-16)13(17)10-4-9(2)5-12(14)6-10/h4-8,13,17H,3H2,1-2H3. The number of rotatable bonds is 3. The molecule has 1 aromatic carbocycles. The molecule has 0 saturated carbocycles. The predicted molar refractivity (Wildman–Crippen MR) is 63.1 cm³/mol. The van der Waals surface area contributed by atoms with Gasteiger partial charge in [-0.2, -0.15) is 5.10 Å². The summed E-state index contributed by atoms with van der Waals surface area (Å²) in [6, 6.07) is 4.56. The van der Waals surface area contributed by atoms with Gasteiger partial charge in [0, 0.05) is 18.3 Å². The first-order chi connectivity index (χ1) is 8.10. The molecule has 0 aliphatic carbocycles. The van der Waals surface area contributed by atoms with Crippen molar-refractivity contribution < 1.29 is 9.50 Å². The van der Waals surface area contributed by atoms with Crippen molar-refractivity contribution in [2.45, 2.75) is 26.5 Å². The number of aliphatic hydroxyl groups is 1. The number of nitrogens with zero attached hydrogens (tertiary/aromatic N) is 2. The van der Waals surface area contributed by atoms with Crippen LogP contribution in [0.1, 0.15) is 29.7 Å². The average Bonchev–Trinajstić information content (AvgIpc) is 2.75. The van der Waals surface area contributed by atoms with Crippen LogP contribution in [0.15, 0.2) is 30.6 Å². The van der Waals surface area contributed by atoms with E-state index in [1.54, 1.807) is 30.1 Å². The Morgan fingerprint density at radius 1 is 1.35 bits per heavy atom. The molecule has 1 atom stereocenters. The van der Waals surface area contributed by atoms with Crippen LogP contribution in [-0.4, -0.2) is 14.9 Å². The third-order valence-corrected chi connectivity index (χ3v) is 2.67. The lowest BCUT2D eigenvalue weighted by atomic mass is 10.0. The summed E-state index contributed by atoms with van der Waals surface area (Å²) < 4.78 is 15.0. The van der Waals surface area contributed by atoms with Gasteiger partial charge in [0.1, 0.15) is 11.9 Å². The molecule has 3 nitrogen and oxygen atoms in total. The first-order valence-electron chi connectivity index (χ1n) is 5.57. The normalized spacial score (nSPS) is 12.7. The second kappa shape index (κ2) is 4.67. The highest BCUT2D eigenvalue weighted by Gasteiger charge is 2.13. The summed E-state index contributed by atoms with van der Waals surface area (Å²) in [6.07, 6.45) is 2.55. The zero-order chi connectivity index (χ0) is 12.4. The van der Waals surface area contributed by atoms with Gasteiger partial charge >= 0.3 is 0 Å². The Morgan fingerprint density at radius 2 is 2.12 bits per heavy atom. The fraction of sp³-hybridized carbons (Fsp3) is 0.308. The third kappa shape index (κ3) is 2.53. The van der Waals surface area contributed by atoms with Crippen LogP contribution in [0.4, 0.5) is 4.39 Å². The molecule has 0 radical (unpaired) electrons. The molecule has 1 aromatic heterocycles. The SMILES string of the molecule is CCn1cc(C(O)c2cc(C)cc(F)c2)cn1. The molecule has 1 unspecified atom stereocenters. The lowest BCUT2D eigenvalue weighted by molar-refractivity contribution is 0.219. The van der Waals surface area contributed by atoms with E-state index in [9.17, 15) is 9.50 Å². The molecule has 0 saturated heterocycles. The van der Waals surface area contributed by atoms with Crippen LogP contribution in [0, 0.1) is 12.7 Å². The summed E-state index contributed by atoms with van der Waals surface area (Å²) in [4.78, 5) is 0. The Hall–Kier alpha value is -1.68. The van der Waals surface area contributed by atoms with Gasteiger partial charge in [0.25, 0.3) is 0 Å². The molecule has 0 aliphatic rings. The van der Waals surface area contributed by atoms with E-state index < -0.39 is 6.10 Å². The minimum Gasteiger partial charge on any atom is -0.384 e. The molecule has 4 heteroatoms. The molecular weight excluding hydrogens is 219 g/mol. The Labute approximate surface area is 99.5 Å². The molecule has 1 N–H and O–H groups in total. The number of hydrogen-bond acceptors (Lipinski definition) is 2. The van der Waals surface area contributed by atoms with Crippen molar-refractivity contribution in [2.75, 3.05) is 0 Å². The molecule has 2 rings (SSSR count). The summed E-state index contributed by atoms with van der Waals surface area (Å²) in [5.74, 6) is -0.332. The quantitative estimate of drug-likeness (QED) is 0.885. The van der Waals surface area contributed by atoms with Crippen molar-refractivity contribution in [1.29, 1.82) is 0 Å². The van der Waals surface area contributed by atoms with Crippen LogP contribution >= 0.6 is 0 Å². The third-order valence-electron chi connectivity index (χ3n) is 2.67. The van der Waals surface area contributed by atoms with Crippen molar-refractivity contribution in [1.82, 2.24) is 9.78 Å². The molecule has 0 aliphatic heterocycles. The van der Waals surface area contributed by atoms with Crippen LogP contribution in [0.5, 0.6) is 0 Å². The van der Waals surface area contributed by atoms with Gasteiger partial charge in [-0.25, -0.2) is 4.39 Å². The van der Waals surface area contributed by atoms with E-state index in [0.717, 1.165) is 12.1 Å². The van der Waals surface area contributed by atoms with Gasteiger partial charge in [-0.1, -0.05) is 6.07 Å². The smallest absolute Gasteiger partial charge is 0.123 e. The zero-order valence-corrected chi connectivity index (χ0v) is 9.89. The lowest BCUT2D eigenvalue weighted by Gasteiger charge is -2.09. The fourth-order valence-electron chi connectivity index (χ4n) is 1.81. The molecular formula is C13H15FN2O. The van der Waals surface area contributed by atoms with Crippen molar-refractivity contribution in [3.05, 3.63) is 53.1 Å². The molecule has 0 amide bonds. The van der Waals surface area contributed by atoms with E-state index in [4.69, 9.17) is 0 Å². The number of aromatic nitrogens is 2. The van der Waals surface area contributed by atoms with E-state index in [2.05, 4.69) is 5.10 Å². The van der Waals surface area contributed by atoms with Gasteiger partial charge < -0.3 is 5.11 Å². The van der Waals surface area contributed by atoms with Crippen LogP contribution < -0.4 is 0 Å². The van der Waals surface area contributed by atoms with E-state index in [1.807, 2.05) is 6.92 Å². The van der Waals surface area contributed by atoms with Gasteiger partial charge in [0.2, 0.25) is 0 Å². The monoisotopic (exact) mass is 234 g/mol. The average molecular weight is 234 g/mol. The van der Waals surface area contributed by atoms with Crippen LogP contribution in [-0.2, 0) is 6.54 Å². The highest BCUT2D eigenvalue weighted by Crippen LogP contribution is 2.23. The number of hydrogen-bond donors (Lipinski definition) is 1. The molecule has 17 heavy (non-hydrogen) atoms. The number of halogens is 1. The maximum absolute atomic E-state index is 13.2. The van der Waals surface area contributed by atoms with Crippen molar-refractivity contribution >= 4 is 0 Å². The maximum Gasteiger partial charge on any atom is 0.123 e. The predicted octanol–water partition coefficient (Wildman–Crippen LogP) is 2.43. The zero-order valence-electron chi connectivity index (χ0n) is 9.89. The minimum absolute atomic E-state index is 0.332. The van der Waals surface area contributed by atoms with E-state index in [-0.39, 0.29) is 5.82 Å². The van der Waals surface area contributed by atoms with Crippen LogP contribution in [0.25, 0.3) is 0 Å². The van der Waals surface area contributed by atoms with E-state index >= 15 is 0 Å². The maximum atomic E-state index is 13.2. The fourth-order valence-corrected chi connectivity index (χ4v) is 1.81. The van der Waals surface area contributed by atoms with Crippen molar-refractivity contribution in [3.8, 4) is 0 Å². The Kier molecular flexibility index (Phi) is 3.24. The van der Waals surface area contributed by atoms with Gasteiger partial charge in [0.05, 0.1) is 6.20 Å². The van der Waals surface area contributed by atoms with Gasteiger partial charge in [-0.05, 0) is 37.1 Å². The molecule has 90 valence electrons. The van der Waals surface area contributed by atoms with E-state index in [0.29, 0.717) is 11.1 Å². The van der Waals surface area contributed by atoms with Crippen LogP contribution in [0.2, 0.25) is 0 Å². The first-order valence-corrected chi connectivity index (χ1v) is 5.57. The number of aryl methyl sites for hydroxylation is 2. The minimum atomic E-state index is -0.829. The summed E-state index contributed by atoms with van der Waals surface area (Å²) in [7, 11) is 0. The Balaban J connectivity index is 2.32. The highest BCUT2D eigenvalue weighted by molar-refractivity contribution is 5.31. The Morgan fingerprint density at radius 3 is 2.71 bits per heavy atom. The molecule has 0 bridgehead atoms. The van der Waals surface area contributed by atoms with E-state index in [1.165, 1.54) is 12.1 Å². The lowest BCUT2D eigenvalue weighted by Crippen LogP contribution is -2.00. The van der Waals surface area contributed by atoms with Crippen molar-refractivity contribution in [2.24, 2.45) is 0 Å². The number of aliphatic hydroxyl groups excluding tert-OH is 1. The summed E-state index contributed by atoms with van der Waals surface area (Å²) in [5.41, 5.74) is 2.02. The largest absolute Gasteiger partial charge is 0.384 e. The molecule has 1 heterocycles.